The lowest BCUT2D eigenvalue weighted by Gasteiger charge is -2.00. The summed E-state index contributed by atoms with van der Waals surface area (Å²) in [5.74, 6) is -2.22. The van der Waals surface area contributed by atoms with Crippen LogP contribution in [0.15, 0.2) is 18.2 Å². The molecule has 0 aliphatic rings. The normalized spacial score (nSPS) is 11.1. The predicted molar refractivity (Wildman–Crippen MR) is 50.7 cm³/mol. The molecule has 0 heterocycles. The van der Waals surface area contributed by atoms with Crippen molar-refractivity contribution >= 4 is 6.08 Å². The van der Waals surface area contributed by atoms with Crippen LogP contribution in [0.4, 0.5) is 8.78 Å². The zero-order valence-corrected chi connectivity index (χ0v) is 7.50. The molecule has 0 aromatic heterocycles. The van der Waals surface area contributed by atoms with Gasteiger partial charge in [0.2, 0.25) is 0 Å². The zero-order valence-electron chi connectivity index (χ0n) is 7.50. The Kier molecular flexibility index (Phi) is 3.59. The van der Waals surface area contributed by atoms with Gasteiger partial charge in [0, 0.05) is 11.6 Å². The highest BCUT2D eigenvalue weighted by atomic mass is 19.1. The van der Waals surface area contributed by atoms with Crippen LogP contribution in [-0.4, -0.2) is 11.7 Å². The third-order valence-corrected chi connectivity index (χ3v) is 1.69. The van der Waals surface area contributed by atoms with E-state index in [9.17, 15) is 13.9 Å². The first-order valence-electron chi connectivity index (χ1n) is 4.19. The molecule has 0 bridgehead atoms. The number of rotatable bonds is 3. The molecule has 14 heavy (non-hydrogen) atoms. The molecule has 0 spiro atoms. The predicted octanol–water partition coefficient (Wildman–Crippen LogP) is 2.03. The zero-order chi connectivity index (χ0) is 10.6. The fraction of sp³-hybridized carbons (Fsp3) is 0.200. The van der Waals surface area contributed by atoms with Gasteiger partial charge in [0.05, 0.1) is 0 Å². The van der Waals surface area contributed by atoms with E-state index < -0.39 is 17.4 Å². The average Bonchev–Trinajstić information content (AvgIpc) is 2.13. The molecule has 3 N–H and O–H groups in total. The Hall–Kier alpha value is -1.42. The monoisotopic (exact) mass is 199 g/mol. The van der Waals surface area contributed by atoms with Gasteiger partial charge in [0.25, 0.3) is 0 Å². The minimum atomic E-state index is -0.961. The van der Waals surface area contributed by atoms with E-state index in [-0.39, 0.29) is 5.56 Å². The summed E-state index contributed by atoms with van der Waals surface area (Å²) in [6.45, 7) is 0.453. The minimum absolute atomic E-state index is 0.121. The van der Waals surface area contributed by atoms with Gasteiger partial charge in [-0.2, -0.15) is 0 Å². The van der Waals surface area contributed by atoms with Crippen molar-refractivity contribution in [3.8, 4) is 5.75 Å². The number of aromatic hydroxyl groups is 1. The first-order valence-corrected chi connectivity index (χ1v) is 4.19. The molecule has 0 atom stereocenters. The van der Waals surface area contributed by atoms with Crippen molar-refractivity contribution in [1.82, 2.24) is 0 Å². The third kappa shape index (κ3) is 2.53. The maximum Gasteiger partial charge on any atom is 0.168 e. The fourth-order valence-corrected chi connectivity index (χ4v) is 1.02. The second-order valence-electron chi connectivity index (χ2n) is 2.81. The van der Waals surface area contributed by atoms with Crippen LogP contribution >= 0.6 is 0 Å². The van der Waals surface area contributed by atoms with Gasteiger partial charge in [-0.15, -0.1) is 0 Å². The molecular weight excluding hydrogens is 188 g/mol. The van der Waals surface area contributed by atoms with Crippen LogP contribution in [0.2, 0.25) is 0 Å². The molecule has 0 saturated carbocycles. The molecule has 1 aromatic rings. The van der Waals surface area contributed by atoms with Gasteiger partial charge in [0.15, 0.2) is 11.6 Å². The van der Waals surface area contributed by atoms with Gasteiger partial charge >= 0.3 is 0 Å². The Morgan fingerprint density at radius 2 is 2.07 bits per heavy atom. The summed E-state index contributed by atoms with van der Waals surface area (Å²) < 4.78 is 25.5. The van der Waals surface area contributed by atoms with Crippen molar-refractivity contribution in [3.05, 3.63) is 35.4 Å². The second-order valence-corrected chi connectivity index (χ2v) is 2.81. The average molecular weight is 199 g/mol. The fourth-order valence-electron chi connectivity index (χ4n) is 1.02. The summed E-state index contributed by atoms with van der Waals surface area (Å²) in [7, 11) is 0. The summed E-state index contributed by atoms with van der Waals surface area (Å²) in [5.41, 5.74) is 5.35. The summed E-state index contributed by atoms with van der Waals surface area (Å²) in [4.78, 5) is 0. The minimum Gasteiger partial charge on any atom is -0.504 e. The molecule has 0 aliphatic heterocycles. The van der Waals surface area contributed by atoms with E-state index >= 15 is 0 Å². The first-order chi connectivity index (χ1) is 6.65. The molecule has 1 aromatic carbocycles. The van der Waals surface area contributed by atoms with Crippen LogP contribution in [0.1, 0.15) is 12.0 Å². The van der Waals surface area contributed by atoms with Gasteiger partial charge in [-0.05, 0) is 19.0 Å². The number of nitrogens with two attached hydrogens (primary N) is 1. The van der Waals surface area contributed by atoms with Gasteiger partial charge in [-0.25, -0.2) is 8.78 Å². The van der Waals surface area contributed by atoms with E-state index in [1.165, 1.54) is 6.08 Å². The highest BCUT2D eigenvalue weighted by molar-refractivity contribution is 5.57. The molecule has 2 nitrogen and oxygen atoms in total. The maximum atomic E-state index is 12.8. The lowest BCUT2D eigenvalue weighted by atomic mass is 10.1. The summed E-state index contributed by atoms with van der Waals surface area (Å²) >= 11 is 0. The Balaban J connectivity index is 2.96. The van der Waals surface area contributed by atoms with Crippen LogP contribution in [0.25, 0.3) is 6.08 Å². The number of hydrogen-bond donors (Lipinski definition) is 2. The van der Waals surface area contributed by atoms with Gasteiger partial charge in [-0.1, -0.05) is 12.2 Å². The summed E-state index contributed by atoms with van der Waals surface area (Å²) in [6.07, 6.45) is 3.68. The SMILES string of the molecule is NCCC=Cc1cc(F)cc(F)c1O. The standard InChI is InChI=1S/C10H11F2NO/c11-8-5-7(3-1-2-4-13)10(14)9(12)6-8/h1,3,5-6,14H,2,4,13H2. The quantitative estimate of drug-likeness (QED) is 0.782. The highest BCUT2D eigenvalue weighted by Crippen LogP contribution is 2.23. The summed E-state index contributed by atoms with van der Waals surface area (Å²) in [6, 6.07) is 1.70. The van der Waals surface area contributed by atoms with E-state index in [1.54, 1.807) is 6.08 Å². The van der Waals surface area contributed by atoms with Crippen molar-refractivity contribution in [1.29, 1.82) is 0 Å². The van der Waals surface area contributed by atoms with Crippen LogP contribution in [0.5, 0.6) is 5.75 Å². The van der Waals surface area contributed by atoms with Crippen LogP contribution < -0.4 is 5.73 Å². The third-order valence-electron chi connectivity index (χ3n) is 1.69. The van der Waals surface area contributed by atoms with Crippen molar-refractivity contribution in [2.45, 2.75) is 6.42 Å². The van der Waals surface area contributed by atoms with Crippen molar-refractivity contribution in [3.63, 3.8) is 0 Å². The topological polar surface area (TPSA) is 46.2 Å². The van der Waals surface area contributed by atoms with E-state index in [4.69, 9.17) is 5.73 Å². The number of phenols is 1. The van der Waals surface area contributed by atoms with Crippen molar-refractivity contribution < 1.29 is 13.9 Å². The number of hydrogen-bond acceptors (Lipinski definition) is 2. The van der Waals surface area contributed by atoms with E-state index in [0.717, 1.165) is 6.07 Å². The number of benzene rings is 1. The van der Waals surface area contributed by atoms with Crippen LogP contribution in [-0.2, 0) is 0 Å². The molecule has 0 amide bonds. The Labute approximate surface area is 80.7 Å². The Morgan fingerprint density at radius 3 is 2.71 bits per heavy atom. The Bertz CT molecular complexity index is 350. The van der Waals surface area contributed by atoms with Crippen molar-refractivity contribution in [2.24, 2.45) is 5.73 Å². The molecule has 4 heteroatoms. The van der Waals surface area contributed by atoms with E-state index in [1.807, 2.05) is 0 Å². The largest absolute Gasteiger partial charge is 0.504 e. The van der Waals surface area contributed by atoms with Gasteiger partial charge in [0.1, 0.15) is 5.82 Å². The molecule has 0 radical (unpaired) electrons. The lowest BCUT2D eigenvalue weighted by Crippen LogP contribution is -1.95. The molecule has 0 unspecified atom stereocenters. The van der Waals surface area contributed by atoms with E-state index in [2.05, 4.69) is 0 Å². The number of halogens is 2. The smallest absolute Gasteiger partial charge is 0.168 e. The second kappa shape index (κ2) is 4.72. The molecule has 0 fully saturated rings. The maximum absolute atomic E-state index is 12.8. The van der Waals surface area contributed by atoms with Crippen molar-refractivity contribution in [2.75, 3.05) is 6.54 Å². The first kappa shape index (κ1) is 10.7. The molecule has 76 valence electrons. The van der Waals surface area contributed by atoms with Gasteiger partial charge in [-0.3, -0.25) is 0 Å². The lowest BCUT2D eigenvalue weighted by molar-refractivity contribution is 0.426. The molecule has 1 rings (SSSR count). The molecule has 0 saturated heterocycles. The highest BCUT2D eigenvalue weighted by Gasteiger charge is 2.06. The summed E-state index contributed by atoms with van der Waals surface area (Å²) in [5, 5.41) is 9.20. The Morgan fingerprint density at radius 1 is 1.36 bits per heavy atom. The van der Waals surface area contributed by atoms with E-state index in [0.29, 0.717) is 19.0 Å². The molecule has 0 aliphatic carbocycles. The van der Waals surface area contributed by atoms with Crippen LogP contribution in [0.3, 0.4) is 0 Å². The molecular formula is C10H11F2NO. The number of phenolic OH excluding ortho intramolecular Hbond substituents is 1. The van der Waals surface area contributed by atoms with Crippen LogP contribution in [0, 0.1) is 11.6 Å². The van der Waals surface area contributed by atoms with Gasteiger partial charge < -0.3 is 10.8 Å².